The predicted molar refractivity (Wildman–Crippen MR) is 111 cm³/mol. The number of hydrogen-bond donors (Lipinski definition) is 1. The zero-order valence-corrected chi connectivity index (χ0v) is 17.2. The fourth-order valence-corrected chi connectivity index (χ4v) is 3.62. The Kier molecular flexibility index (Phi) is 6.82. The summed E-state index contributed by atoms with van der Waals surface area (Å²) in [6, 6.07) is 13.0. The fraction of sp³-hybridized carbons (Fsp3) is 0.348. The van der Waals surface area contributed by atoms with E-state index in [9.17, 15) is 18.8 Å². The maximum absolute atomic E-state index is 13.1. The van der Waals surface area contributed by atoms with Crippen LogP contribution in [0, 0.1) is 12.7 Å². The van der Waals surface area contributed by atoms with Gasteiger partial charge < -0.3 is 15.1 Å². The third-order valence-electron chi connectivity index (χ3n) is 5.24. The van der Waals surface area contributed by atoms with Gasteiger partial charge in [-0.1, -0.05) is 48.9 Å². The van der Waals surface area contributed by atoms with E-state index >= 15 is 0 Å². The first-order chi connectivity index (χ1) is 14.4. The van der Waals surface area contributed by atoms with Crippen LogP contribution in [0.4, 0.5) is 4.39 Å². The molecule has 2 aromatic carbocycles. The third kappa shape index (κ3) is 5.03. The monoisotopic (exact) mass is 411 g/mol. The molecule has 1 aliphatic heterocycles. The van der Waals surface area contributed by atoms with Gasteiger partial charge in [-0.25, -0.2) is 4.39 Å². The molecule has 1 aliphatic rings. The van der Waals surface area contributed by atoms with E-state index in [1.54, 1.807) is 12.1 Å². The lowest BCUT2D eigenvalue weighted by atomic mass is 10.1. The molecule has 7 heteroatoms. The standard InChI is InChI=1S/C23H26FN3O3/c1-3-20(21(28)25-14-18-6-4-5-16(2)13-18)27-12-11-26(22(29)23(27)30)15-17-7-9-19(24)10-8-17/h4-10,13,20H,3,11-12,14-15H2,1-2H3,(H,25,28). The van der Waals surface area contributed by atoms with Gasteiger partial charge in [-0.2, -0.15) is 0 Å². The zero-order valence-electron chi connectivity index (χ0n) is 17.2. The number of benzene rings is 2. The number of nitrogens with one attached hydrogen (secondary N) is 1. The van der Waals surface area contributed by atoms with Gasteiger partial charge in [-0.15, -0.1) is 0 Å². The molecule has 3 rings (SSSR count). The number of carbonyl (C=O) groups is 3. The number of aryl methyl sites for hydroxylation is 1. The summed E-state index contributed by atoms with van der Waals surface area (Å²) in [5.74, 6) is -1.95. The lowest BCUT2D eigenvalue weighted by Gasteiger charge is -2.37. The van der Waals surface area contributed by atoms with Crippen molar-refractivity contribution < 1.29 is 18.8 Å². The van der Waals surface area contributed by atoms with Crippen LogP contribution in [0.3, 0.4) is 0 Å². The van der Waals surface area contributed by atoms with Crippen molar-refractivity contribution >= 4 is 17.7 Å². The Morgan fingerprint density at radius 3 is 2.47 bits per heavy atom. The molecule has 6 nitrogen and oxygen atoms in total. The Bertz CT molecular complexity index is 930. The molecule has 1 unspecified atom stereocenters. The second-order valence-electron chi connectivity index (χ2n) is 7.48. The van der Waals surface area contributed by atoms with Gasteiger partial charge in [0, 0.05) is 26.2 Å². The average Bonchev–Trinajstić information content (AvgIpc) is 2.73. The van der Waals surface area contributed by atoms with Crippen LogP contribution in [0.2, 0.25) is 0 Å². The van der Waals surface area contributed by atoms with E-state index in [-0.39, 0.29) is 24.8 Å². The summed E-state index contributed by atoms with van der Waals surface area (Å²) in [6.45, 7) is 5.00. The van der Waals surface area contributed by atoms with Crippen molar-refractivity contribution in [2.45, 2.75) is 39.4 Å². The first-order valence-corrected chi connectivity index (χ1v) is 10.1. The molecule has 30 heavy (non-hydrogen) atoms. The van der Waals surface area contributed by atoms with Gasteiger partial charge in [0.25, 0.3) is 0 Å². The molecule has 0 spiro atoms. The Labute approximate surface area is 175 Å². The molecular weight excluding hydrogens is 385 g/mol. The predicted octanol–water partition coefficient (Wildman–Crippen LogP) is 2.40. The SMILES string of the molecule is CCC(C(=O)NCc1cccc(C)c1)N1CCN(Cc2ccc(F)cc2)C(=O)C1=O. The first kappa shape index (κ1) is 21.5. The van der Waals surface area contributed by atoms with Crippen LogP contribution in [-0.2, 0) is 27.5 Å². The highest BCUT2D eigenvalue weighted by Crippen LogP contribution is 2.15. The number of amides is 3. The molecule has 1 fully saturated rings. The number of carbonyl (C=O) groups excluding carboxylic acids is 3. The van der Waals surface area contributed by atoms with Crippen LogP contribution >= 0.6 is 0 Å². The molecule has 3 amide bonds. The van der Waals surface area contributed by atoms with E-state index in [2.05, 4.69) is 5.32 Å². The molecule has 0 aromatic heterocycles. The van der Waals surface area contributed by atoms with Crippen LogP contribution < -0.4 is 5.32 Å². The van der Waals surface area contributed by atoms with Crippen molar-refractivity contribution in [1.82, 2.24) is 15.1 Å². The van der Waals surface area contributed by atoms with Gasteiger partial charge in [0.05, 0.1) is 0 Å². The van der Waals surface area contributed by atoms with Gasteiger partial charge in [-0.05, 0) is 36.6 Å². The van der Waals surface area contributed by atoms with E-state index in [0.717, 1.165) is 16.7 Å². The van der Waals surface area contributed by atoms with E-state index in [1.807, 2.05) is 38.1 Å². The van der Waals surface area contributed by atoms with Crippen LogP contribution in [0.25, 0.3) is 0 Å². The molecule has 1 heterocycles. The quantitative estimate of drug-likeness (QED) is 0.712. The molecule has 158 valence electrons. The lowest BCUT2D eigenvalue weighted by molar-refractivity contribution is -0.159. The third-order valence-corrected chi connectivity index (χ3v) is 5.24. The summed E-state index contributed by atoms with van der Waals surface area (Å²) < 4.78 is 13.1. The van der Waals surface area contributed by atoms with Gasteiger partial charge in [0.1, 0.15) is 11.9 Å². The minimum Gasteiger partial charge on any atom is -0.350 e. The van der Waals surface area contributed by atoms with E-state index in [0.29, 0.717) is 19.5 Å². The number of piperazine rings is 1. The van der Waals surface area contributed by atoms with Gasteiger partial charge >= 0.3 is 11.8 Å². The van der Waals surface area contributed by atoms with E-state index in [4.69, 9.17) is 0 Å². The van der Waals surface area contributed by atoms with Gasteiger partial charge in [0.15, 0.2) is 0 Å². The summed E-state index contributed by atoms with van der Waals surface area (Å²) in [7, 11) is 0. The fourth-order valence-electron chi connectivity index (χ4n) is 3.62. The number of hydrogen-bond acceptors (Lipinski definition) is 3. The number of halogens is 1. The van der Waals surface area contributed by atoms with Crippen LogP contribution in [0.1, 0.15) is 30.0 Å². The largest absolute Gasteiger partial charge is 0.350 e. The molecule has 1 saturated heterocycles. The van der Waals surface area contributed by atoms with Crippen molar-refractivity contribution in [3.63, 3.8) is 0 Å². The topological polar surface area (TPSA) is 69.7 Å². The van der Waals surface area contributed by atoms with Crippen molar-refractivity contribution in [1.29, 1.82) is 0 Å². The summed E-state index contributed by atoms with van der Waals surface area (Å²) in [4.78, 5) is 40.8. The number of rotatable bonds is 7. The second kappa shape index (κ2) is 9.52. The molecular formula is C23H26FN3O3. The Hall–Kier alpha value is -3.22. The molecule has 0 saturated carbocycles. The first-order valence-electron chi connectivity index (χ1n) is 10.1. The van der Waals surface area contributed by atoms with E-state index < -0.39 is 17.9 Å². The maximum Gasteiger partial charge on any atom is 0.312 e. The van der Waals surface area contributed by atoms with Gasteiger partial charge in [-0.3, -0.25) is 14.4 Å². The maximum atomic E-state index is 13.1. The van der Waals surface area contributed by atoms with Crippen LogP contribution in [0.15, 0.2) is 48.5 Å². The van der Waals surface area contributed by atoms with Crippen LogP contribution in [-0.4, -0.2) is 46.7 Å². The molecule has 2 aromatic rings. The molecule has 1 atom stereocenters. The summed E-state index contributed by atoms with van der Waals surface area (Å²) in [6.07, 6.45) is 0.413. The summed E-state index contributed by atoms with van der Waals surface area (Å²) in [5, 5.41) is 2.87. The van der Waals surface area contributed by atoms with E-state index in [1.165, 1.54) is 21.9 Å². The molecule has 1 N–H and O–H groups in total. The number of nitrogens with zero attached hydrogens (tertiary/aromatic N) is 2. The average molecular weight is 411 g/mol. The van der Waals surface area contributed by atoms with Crippen molar-refractivity contribution in [2.24, 2.45) is 0 Å². The smallest absolute Gasteiger partial charge is 0.312 e. The van der Waals surface area contributed by atoms with Crippen molar-refractivity contribution in [3.05, 3.63) is 71.0 Å². The summed E-state index contributed by atoms with van der Waals surface area (Å²) >= 11 is 0. The summed E-state index contributed by atoms with van der Waals surface area (Å²) in [5.41, 5.74) is 2.82. The molecule has 0 bridgehead atoms. The van der Waals surface area contributed by atoms with Crippen LogP contribution in [0.5, 0.6) is 0 Å². The second-order valence-corrected chi connectivity index (χ2v) is 7.48. The Morgan fingerprint density at radius 2 is 1.80 bits per heavy atom. The normalized spacial score (nSPS) is 15.3. The highest BCUT2D eigenvalue weighted by molar-refractivity contribution is 6.35. The molecule has 0 aliphatic carbocycles. The highest BCUT2D eigenvalue weighted by Gasteiger charge is 2.38. The Balaban J connectivity index is 1.61. The minimum absolute atomic E-state index is 0.231. The Morgan fingerprint density at radius 1 is 1.07 bits per heavy atom. The van der Waals surface area contributed by atoms with Crippen molar-refractivity contribution in [2.75, 3.05) is 13.1 Å². The lowest BCUT2D eigenvalue weighted by Crippen LogP contribution is -2.59. The zero-order chi connectivity index (χ0) is 21.7. The highest BCUT2D eigenvalue weighted by atomic mass is 19.1. The van der Waals surface area contributed by atoms with Crippen molar-refractivity contribution in [3.8, 4) is 0 Å². The van der Waals surface area contributed by atoms with Gasteiger partial charge in [0.2, 0.25) is 5.91 Å². The molecule has 0 radical (unpaired) electrons. The minimum atomic E-state index is -0.695.